The van der Waals surface area contributed by atoms with Gasteiger partial charge in [-0.25, -0.2) is 0 Å². The van der Waals surface area contributed by atoms with Gasteiger partial charge in [-0.3, -0.25) is 4.90 Å². The summed E-state index contributed by atoms with van der Waals surface area (Å²) in [6, 6.07) is 1.92. The lowest BCUT2D eigenvalue weighted by Crippen LogP contribution is -2.49. The molecule has 0 aromatic rings. The summed E-state index contributed by atoms with van der Waals surface area (Å²) in [6.07, 6.45) is 11.7. The van der Waals surface area contributed by atoms with E-state index in [0.717, 1.165) is 12.1 Å². The van der Waals surface area contributed by atoms with Gasteiger partial charge >= 0.3 is 0 Å². The monoisotopic (exact) mass is 181 g/mol. The number of piperidine rings is 2. The molecule has 2 aliphatic heterocycles. The third-order valence-corrected chi connectivity index (χ3v) is 3.84. The number of hydrogen-bond donors (Lipinski definition) is 0. The van der Waals surface area contributed by atoms with Crippen molar-refractivity contribution in [2.45, 2.75) is 70.4 Å². The van der Waals surface area contributed by atoms with Crippen LogP contribution in [0.1, 0.15) is 58.3 Å². The standard InChI is InChI=1S/C12H23N/c1-2-6-11-8-5-9-12-7-3-4-10-13(11)12/h11-12H,2-10H2,1H3/t11-,12-/m0/s1. The van der Waals surface area contributed by atoms with Gasteiger partial charge in [-0.05, 0) is 38.6 Å². The van der Waals surface area contributed by atoms with Crippen molar-refractivity contribution in [3.05, 3.63) is 0 Å². The number of hydrogen-bond acceptors (Lipinski definition) is 1. The highest BCUT2D eigenvalue weighted by Crippen LogP contribution is 2.31. The number of fused-ring (bicyclic) bond motifs is 1. The van der Waals surface area contributed by atoms with Gasteiger partial charge in [0.25, 0.3) is 0 Å². The quantitative estimate of drug-likeness (QED) is 0.632. The van der Waals surface area contributed by atoms with Gasteiger partial charge in [-0.15, -0.1) is 0 Å². The first kappa shape index (κ1) is 9.51. The molecule has 0 radical (unpaired) electrons. The minimum atomic E-state index is 0.948. The van der Waals surface area contributed by atoms with Crippen molar-refractivity contribution in [1.29, 1.82) is 0 Å². The zero-order valence-corrected chi connectivity index (χ0v) is 8.97. The van der Waals surface area contributed by atoms with E-state index < -0.39 is 0 Å². The van der Waals surface area contributed by atoms with Crippen molar-refractivity contribution in [3.8, 4) is 0 Å². The molecule has 0 spiro atoms. The highest BCUT2D eigenvalue weighted by molar-refractivity contribution is 4.86. The smallest absolute Gasteiger partial charge is 0.00982 e. The first-order valence-corrected chi connectivity index (χ1v) is 6.17. The van der Waals surface area contributed by atoms with Crippen molar-refractivity contribution >= 4 is 0 Å². The molecule has 1 nitrogen and oxygen atoms in total. The van der Waals surface area contributed by atoms with Crippen molar-refractivity contribution in [2.75, 3.05) is 6.54 Å². The molecule has 2 atom stereocenters. The molecule has 76 valence electrons. The topological polar surface area (TPSA) is 3.24 Å². The number of rotatable bonds is 2. The molecule has 2 rings (SSSR count). The van der Waals surface area contributed by atoms with Gasteiger partial charge in [0.2, 0.25) is 0 Å². The molecule has 1 heteroatoms. The average Bonchev–Trinajstić information content (AvgIpc) is 2.19. The van der Waals surface area contributed by atoms with Gasteiger partial charge in [0, 0.05) is 12.1 Å². The van der Waals surface area contributed by atoms with E-state index in [2.05, 4.69) is 11.8 Å². The van der Waals surface area contributed by atoms with Crippen molar-refractivity contribution in [3.63, 3.8) is 0 Å². The van der Waals surface area contributed by atoms with Crippen LogP contribution < -0.4 is 0 Å². The van der Waals surface area contributed by atoms with E-state index in [0.29, 0.717) is 0 Å². The van der Waals surface area contributed by atoms with Crippen molar-refractivity contribution in [1.82, 2.24) is 4.90 Å². The van der Waals surface area contributed by atoms with Crippen LogP contribution in [0.4, 0.5) is 0 Å². The summed E-state index contributed by atoms with van der Waals surface area (Å²) < 4.78 is 0. The average molecular weight is 181 g/mol. The Morgan fingerprint density at radius 3 is 2.77 bits per heavy atom. The van der Waals surface area contributed by atoms with Gasteiger partial charge in [0.05, 0.1) is 0 Å². The summed E-state index contributed by atoms with van der Waals surface area (Å²) in [7, 11) is 0. The van der Waals surface area contributed by atoms with E-state index in [4.69, 9.17) is 0 Å². The predicted octanol–water partition coefficient (Wildman–Crippen LogP) is 3.19. The van der Waals surface area contributed by atoms with Crippen molar-refractivity contribution in [2.24, 2.45) is 0 Å². The summed E-state index contributed by atoms with van der Waals surface area (Å²) in [5.74, 6) is 0. The molecule has 0 aromatic heterocycles. The zero-order valence-electron chi connectivity index (χ0n) is 8.97. The summed E-state index contributed by atoms with van der Waals surface area (Å²) >= 11 is 0. The van der Waals surface area contributed by atoms with Crippen LogP contribution >= 0.6 is 0 Å². The van der Waals surface area contributed by atoms with Gasteiger partial charge in [0.1, 0.15) is 0 Å². The first-order valence-electron chi connectivity index (χ1n) is 6.17. The van der Waals surface area contributed by atoms with Gasteiger partial charge in [0.15, 0.2) is 0 Å². The van der Waals surface area contributed by atoms with E-state index in [1.807, 2.05) is 0 Å². The maximum atomic E-state index is 2.83. The Morgan fingerprint density at radius 1 is 1.08 bits per heavy atom. The van der Waals surface area contributed by atoms with Crippen LogP contribution in [0.3, 0.4) is 0 Å². The maximum Gasteiger partial charge on any atom is 0.00982 e. The Balaban J connectivity index is 1.94. The fraction of sp³-hybridized carbons (Fsp3) is 1.00. The largest absolute Gasteiger partial charge is 0.297 e. The molecule has 2 aliphatic rings. The Kier molecular flexibility index (Phi) is 3.26. The summed E-state index contributed by atoms with van der Waals surface area (Å²) in [4.78, 5) is 2.83. The molecule has 0 amide bonds. The summed E-state index contributed by atoms with van der Waals surface area (Å²) in [6.45, 7) is 3.73. The lowest BCUT2D eigenvalue weighted by Gasteiger charge is -2.45. The zero-order chi connectivity index (χ0) is 9.10. The molecule has 2 heterocycles. The molecule has 13 heavy (non-hydrogen) atoms. The molecular weight excluding hydrogens is 158 g/mol. The molecule has 0 bridgehead atoms. The van der Waals surface area contributed by atoms with Crippen LogP contribution in [0.15, 0.2) is 0 Å². The Morgan fingerprint density at radius 2 is 1.92 bits per heavy atom. The summed E-state index contributed by atoms with van der Waals surface area (Å²) in [5.41, 5.74) is 0. The molecule has 2 saturated heterocycles. The SMILES string of the molecule is CCC[C@H]1CCC[C@@H]2CCCCN21. The normalized spacial score (nSPS) is 35.8. The maximum absolute atomic E-state index is 2.83. The Labute approximate surface area is 82.5 Å². The van der Waals surface area contributed by atoms with Crippen molar-refractivity contribution < 1.29 is 0 Å². The second-order valence-corrected chi connectivity index (χ2v) is 4.76. The second kappa shape index (κ2) is 4.45. The Hall–Kier alpha value is -0.0400. The van der Waals surface area contributed by atoms with E-state index in [-0.39, 0.29) is 0 Å². The lowest BCUT2D eigenvalue weighted by atomic mass is 9.87. The molecule has 0 aliphatic carbocycles. The van der Waals surface area contributed by atoms with Crippen LogP contribution in [0.2, 0.25) is 0 Å². The fourth-order valence-electron chi connectivity index (χ4n) is 3.21. The van der Waals surface area contributed by atoms with Gasteiger partial charge in [-0.1, -0.05) is 26.2 Å². The highest BCUT2D eigenvalue weighted by atomic mass is 15.2. The number of nitrogens with zero attached hydrogens (tertiary/aromatic N) is 1. The fourth-order valence-corrected chi connectivity index (χ4v) is 3.21. The van der Waals surface area contributed by atoms with Crippen LogP contribution in [0.25, 0.3) is 0 Å². The van der Waals surface area contributed by atoms with Crippen LogP contribution in [-0.2, 0) is 0 Å². The predicted molar refractivity (Wildman–Crippen MR) is 56.9 cm³/mol. The minimum Gasteiger partial charge on any atom is -0.297 e. The molecule has 0 N–H and O–H groups in total. The van der Waals surface area contributed by atoms with Crippen LogP contribution in [-0.4, -0.2) is 23.5 Å². The molecular formula is C12H23N. The molecule has 0 aromatic carbocycles. The Bertz CT molecular complexity index is 151. The van der Waals surface area contributed by atoms with Crippen LogP contribution in [0, 0.1) is 0 Å². The molecule has 0 saturated carbocycles. The highest BCUT2D eigenvalue weighted by Gasteiger charge is 2.31. The minimum absolute atomic E-state index is 0.948. The van der Waals surface area contributed by atoms with E-state index in [9.17, 15) is 0 Å². The van der Waals surface area contributed by atoms with Crippen LogP contribution in [0.5, 0.6) is 0 Å². The molecule has 2 fully saturated rings. The van der Waals surface area contributed by atoms with Gasteiger partial charge in [-0.2, -0.15) is 0 Å². The van der Waals surface area contributed by atoms with E-state index >= 15 is 0 Å². The summed E-state index contributed by atoms with van der Waals surface area (Å²) in [5, 5.41) is 0. The van der Waals surface area contributed by atoms with E-state index in [1.165, 1.54) is 57.9 Å². The second-order valence-electron chi connectivity index (χ2n) is 4.76. The van der Waals surface area contributed by atoms with Gasteiger partial charge < -0.3 is 0 Å². The third-order valence-electron chi connectivity index (χ3n) is 3.84. The molecule has 0 unspecified atom stereocenters. The lowest BCUT2D eigenvalue weighted by molar-refractivity contribution is 0.0478. The third kappa shape index (κ3) is 2.07. The van der Waals surface area contributed by atoms with E-state index in [1.54, 1.807) is 0 Å². The first-order chi connectivity index (χ1) is 6.42.